The Kier molecular flexibility index (Phi) is 4.91. The van der Waals surface area contributed by atoms with Gasteiger partial charge in [0.15, 0.2) is 0 Å². The van der Waals surface area contributed by atoms with Crippen molar-refractivity contribution >= 4 is 10.9 Å². The highest BCUT2D eigenvalue weighted by atomic mass is 19.4. The number of para-hydroxylation sites is 1. The molecule has 2 aromatic rings. The van der Waals surface area contributed by atoms with E-state index in [9.17, 15) is 18.0 Å². The zero-order valence-corrected chi connectivity index (χ0v) is 13.2. The van der Waals surface area contributed by atoms with Crippen LogP contribution in [0.3, 0.4) is 0 Å². The van der Waals surface area contributed by atoms with Gasteiger partial charge in [0, 0.05) is 24.2 Å². The average Bonchev–Trinajstić information content (AvgIpc) is 2.93. The quantitative estimate of drug-likeness (QED) is 0.880. The van der Waals surface area contributed by atoms with E-state index in [0.29, 0.717) is 31.7 Å². The summed E-state index contributed by atoms with van der Waals surface area (Å²) in [4.78, 5) is 16.3. The molecule has 1 aliphatic heterocycles. The number of aromatic nitrogens is 1. The van der Waals surface area contributed by atoms with E-state index in [1.54, 1.807) is 0 Å². The summed E-state index contributed by atoms with van der Waals surface area (Å²) in [7, 11) is 0. The van der Waals surface area contributed by atoms with Crippen LogP contribution in [0.1, 0.15) is 12.0 Å². The Hall–Kier alpha value is -1.86. The predicted molar refractivity (Wildman–Crippen MR) is 86.9 cm³/mol. The number of likely N-dealkylation sites (tertiary alicyclic amines) is 1. The molecule has 3 rings (SSSR count). The zero-order chi connectivity index (χ0) is 17.2. The van der Waals surface area contributed by atoms with Gasteiger partial charge in [0.25, 0.3) is 5.56 Å². The summed E-state index contributed by atoms with van der Waals surface area (Å²) in [6, 6.07) is 9.41. The molecule has 2 heterocycles. The minimum absolute atomic E-state index is 0.133. The second-order valence-corrected chi connectivity index (χ2v) is 6.35. The first-order valence-corrected chi connectivity index (χ1v) is 8.01. The molecule has 0 radical (unpaired) electrons. The molecule has 0 amide bonds. The summed E-state index contributed by atoms with van der Waals surface area (Å²) in [5.74, 6) is 0.187. The van der Waals surface area contributed by atoms with E-state index in [0.717, 1.165) is 17.3 Å². The van der Waals surface area contributed by atoms with Gasteiger partial charge in [-0.2, -0.15) is 13.2 Å². The molecule has 0 aliphatic carbocycles. The number of fused-ring (bicyclic) bond motifs is 1. The fourth-order valence-corrected chi connectivity index (χ4v) is 3.21. The number of pyridine rings is 1. The third-order valence-electron chi connectivity index (χ3n) is 4.35. The van der Waals surface area contributed by atoms with Gasteiger partial charge in [-0.15, -0.1) is 0 Å². The van der Waals surface area contributed by atoms with Gasteiger partial charge in [0.2, 0.25) is 0 Å². The van der Waals surface area contributed by atoms with Crippen molar-refractivity contribution in [3.63, 3.8) is 0 Å². The van der Waals surface area contributed by atoms with E-state index in [1.807, 2.05) is 30.3 Å². The molecule has 1 aromatic carbocycles. The number of halogens is 3. The fraction of sp³-hybridized carbons (Fsp3) is 0.471. The van der Waals surface area contributed by atoms with Crippen LogP contribution in [0.4, 0.5) is 13.2 Å². The van der Waals surface area contributed by atoms with Crippen LogP contribution in [0, 0.1) is 5.92 Å². The minimum atomic E-state index is -4.14. The smallest absolute Gasteiger partial charge is 0.322 e. The van der Waals surface area contributed by atoms with Crippen LogP contribution in [0.15, 0.2) is 35.1 Å². The molecule has 1 unspecified atom stereocenters. The zero-order valence-electron chi connectivity index (χ0n) is 13.2. The molecule has 1 saturated heterocycles. The van der Waals surface area contributed by atoms with Gasteiger partial charge in [-0.25, -0.2) is 0 Å². The van der Waals surface area contributed by atoms with Crippen molar-refractivity contribution in [3.05, 3.63) is 46.2 Å². The van der Waals surface area contributed by atoms with Crippen LogP contribution in [0.25, 0.3) is 10.9 Å². The standard InChI is InChI=1S/C17H20F3N3O/c18-17(19,20)11-23-6-5-12(10-23)8-21-9-14-7-13-3-1-2-4-15(13)22-16(14)24/h1-4,7,12,21H,5-6,8-11H2,(H,22,24). The van der Waals surface area contributed by atoms with Gasteiger partial charge in [-0.3, -0.25) is 9.69 Å². The minimum Gasteiger partial charge on any atom is -0.322 e. The molecular weight excluding hydrogens is 319 g/mol. The van der Waals surface area contributed by atoms with Gasteiger partial charge in [-0.1, -0.05) is 18.2 Å². The highest BCUT2D eigenvalue weighted by Gasteiger charge is 2.34. The summed E-state index contributed by atoms with van der Waals surface area (Å²) < 4.78 is 37.2. The molecule has 2 N–H and O–H groups in total. The number of nitrogens with one attached hydrogen (secondary N) is 2. The Morgan fingerprint density at radius 3 is 2.88 bits per heavy atom. The lowest BCUT2D eigenvalue weighted by Gasteiger charge is -2.18. The topological polar surface area (TPSA) is 48.1 Å². The largest absolute Gasteiger partial charge is 0.401 e. The molecule has 1 atom stereocenters. The van der Waals surface area contributed by atoms with Crippen LogP contribution >= 0.6 is 0 Å². The van der Waals surface area contributed by atoms with Gasteiger partial charge < -0.3 is 10.3 Å². The van der Waals surface area contributed by atoms with Crippen molar-refractivity contribution in [1.29, 1.82) is 0 Å². The lowest BCUT2D eigenvalue weighted by Crippen LogP contribution is -2.33. The maximum absolute atomic E-state index is 12.4. The molecule has 7 heteroatoms. The molecule has 1 fully saturated rings. The van der Waals surface area contributed by atoms with Crippen molar-refractivity contribution < 1.29 is 13.2 Å². The van der Waals surface area contributed by atoms with Crippen molar-refractivity contribution in [2.24, 2.45) is 5.92 Å². The first-order valence-electron chi connectivity index (χ1n) is 8.01. The maximum Gasteiger partial charge on any atom is 0.401 e. The fourth-order valence-electron chi connectivity index (χ4n) is 3.21. The first-order chi connectivity index (χ1) is 11.4. The third-order valence-corrected chi connectivity index (χ3v) is 4.35. The van der Waals surface area contributed by atoms with Crippen LogP contribution < -0.4 is 10.9 Å². The lowest BCUT2D eigenvalue weighted by molar-refractivity contribution is -0.143. The van der Waals surface area contributed by atoms with Crippen molar-refractivity contribution in [1.82, 2.24) is 15.2 Å². The molecule has 130 valence electrons. The molecule has 0 bridgehead atoms. The predicted octanol–water partition coefficient (Wildman–Crippen LogP) is 2.50. The third kappa shape index (κ3) is 4.36. The molecule has 4 nitrogen and oxygen atoms in total. The number of benzene rings is 1. The average molecular weight is 339 g/mol. The Balaban J connectivity index is 1.52. The van der Waals surface area contributed by atoms with Gasteiger partial charge in [0.05, 0.1) is 6.54 Å². The van der Waals surface area contributed by atoms with E-state index in [4.69, 9.17) is 0 Å². The first kappa shape index (κ1) is 17.0. The maximum atomic E-state index is 12.4. The van der Waals surface area contributed by atoms with E-state index < -0.39 is 12.7 Å². The van der Waals surface area contributed by atoms with Crippen molar-refractivity contribution in [2.45, 2.75) is 19.1 Å². The summed E-state index contributed by atoms with van der Waals surface area (Å²) in [6.45, 7) is 1.10. The van der Waals surface area contributed by atoms with Crippen LogP contribution in [-0.4, -0.2) is 42.2 Å². The Labute approximate surface area is 137 Å². The number of aromatic amines is 1. The van der Waals surface area contributed by atoms with Crippen molar-refractivity contribution in [2.75, 3.05) is 26.2 Å². The Morgan fingerprint density at radius 1 is 1.29 bits per heavy atom. The molecule has 0 spiro atoms. The van der Waals surface area contributed by atoms with Gasteiger partial charge in [-0.05, 0) is 42.9 Å². The number of H-pyrrole nitrogens is 1. The van der Waals surface area contributed by atoms with Crippen LogP contribution in [-0.2, 0) is 6.54 Å². The summed E-state index contributed by atoms with van der Waals surface area (Å²) in [6.07, 6.45) is -3.39. The number of hydrogen-bond donors (Lipinski definition) is 2. The van der Waals surface area contributed by atoms with Gasteiger partial charge in [0.1, 0.15) is 0 Å². The van der Waals surface area contributed by atoms with E-state index in [1.165, 1.54) is 4.90 Å². The van der Waals surface area contributed by atoms with Crippen LogP contribution in [0.5, 0.6) is 0 Å². The highest BCUT2D eigenvalue weighted by Crippen LogP contribution is 2.22. The van der Waals surface area contributed by atoms with Crippen LogP contribution in [0.2, 0.25) is 0 Å². The normalized spacial score (nSPS) is 19.2. The second kappa shape index (κ2) is 6.94. The summed E-state index contributed by atoms with van der Waals surface area (Å²) in [5, 5.41) is 4.17. The molecule has 24 heavy (non-hydrogen) atoms. The molecule has 1 aromatic heterocycles. The molecule has 1 aliphatic rings. The highest BCUT2D eigenvalue weighted by molar-refractivity contribution is 5.78. The van der Waals surface area contributed by atoms with E-state index >= 15 is 0 Å². The number of hydrogen-bond acceptors (Lipinski definition) is 3. The Morgan fingerprint density at radius 2 is 2.08 bits per heavy atom. The number of rotatable bonds is 5. The summed E-state index contributed by atoms with van der Waals surface area (Å²) in [5.41, 5.74) is 1.30. The molecule has 0 saturated carbocycles. The number of nitrogens with zero attached hydrogens (tertiary/aromatic N) is 1. The second-order valence-electron chi connectivity index (χ2n) is 6.35. The van der Waals surface area contributed by atoms with E-state index in [2.05, 4.69) is 10.3 Å². The molecular formula is C17H20F3N3O. The van der Waals surface area contributed by atoms with E-state index in [-0.39, 0.29) is 11.5 Å². The van der Waals surface area contributed by atoms with Crippen molar-refractivity contribution in [3.8, 4) is 0 Å². The van der Waals surface area contributed by atoms with Gasteiger partial charge >= 0.3 is 6.18 Å². The summed E-state index contributed by atoms with van der Waals surface area (Å²) >= 11 is 0. The number of alkyl halides is 3. The SMILES string of the molecule is O=c1[nH]c2ccccc2cc1CNCC1CCN(CC(F)(F)F)C1. The Bertz CT molecular complexity index is 757. The monoisotopic (exact) mass is 339 g/mol. The lowest BCUT2D eigenvalue weighted by atomic mass is 10.1.